The molecule has 0 aromatic heterocycles. The Labute approximate surface area is 438 Å². The van der Waals surface area contributed by atoms with E-state index in [4.69, 9.17) is 14.2 Å². The molecule has 0 aliphatic carbocycles. The van der Waals surface area contributed by atoms with E-state index < -0.39 is 67.4 Å². The van der Waals surface area contributed by atoms with Crippen molar-refractivity contribution in [1.82, 2.24) is 5.32 Å². The summed E-state index contributed by atoms with van der Waals surface area (Å²) in [7, 11) is 0. The Morgan fingerprint density at radius 2 is 1.06 bits per heavy atom. The van der Waals surface area contributed by atoms with Crippen LogP contribution in [-0.2, 0) is 23.8 Å². The van der Waals surface area contributed by atoms with Crippen LogP contribution in [0.3, 0.4) is 0 Å². The second kappa shape index (κ2) is 48.8. The van der Waals surface area contributed by atoms with Gasteiger partial charge in [0.15, 0.2) is 12.4 Å². The van der Waals surface area contributed by atoms with E-state index >= 15 is 0 Å². The molecule has 1 rings (SSSR count). The number of nitrogens with one attached hydrogen (secondary N) is 1. The van der Waals surface area contributed by atoms with Crippen molar-refractivity contribution in [3.63, 3.8) is 0 Å². The summed E-state index contributed by atoms with van der Waals surface area (Å²) >= 11 is 0. The molecule has 6 N–H and O–H groups in total. The topological polar surface area (TPSA) is 175 Å². The van der Waals surface area contributed by atoms with Gasteiger partial charge in [0.1, 0.15) is 24.4 Å². The number of unbranched alkanes of at least 4 members (excludes halogenated alkanes) is 24. The number of allylic oxidation sites excluding steroid dienone is 13. The lowest BCUT2D eigenvalue weighted by Gasteiger charge is -2.41. The number of rotatable bonds is 47. The first kappa shape index (κ1) is 66.9. The van der Waals surface area contributed by atoms with E-state index in [2.05, 4.69) is 56.5 Å². The summed E-state index contributed by atoms with van der Waals surface area (Å²) in [6.07, 6.45) is 52.0. The van der Waals surface area contributed by atoms with Gasteiger partial charge in [-0.2, -0.15) is 0 Å². The van der Waals surface area contributed by atoms with E-state index in [1.54, 1.807) is 6.08 Å². The van der Waals surface area contributed by atoms with Crippen LogP contribution in [0.5, 0.6) is 0 Å². The van der Waals surface area contributed by atoms with Crippen molar-refractivity contribution in [3.8, 4) is 0 Å². The Morgan fingerprint density at radius 1 is 0.569 bits per heavy atom. The van der Waals surface area contributed by atoms with Gasteiger partial charge in [-0.1, -0.05) is 228 Å². The number of carbonyl (C=O) groups is 2. The number of esters is 1. The van der Waals surface area contributed by atoms with Gasteiger partial charge in [-0.25, -0.2) is 0 Å². The van der Waals surface area contributed by atoms with Crippen LogP contribution in [0, 0.1) is 0 Å². The Balaban J connectivity index is 2.72. The summed E-state index contributed by atoms with van der Waals surface area (Å²) in [5.74, 6) is -1.25. The van der Waals surface area contributed by atoms with Crippen molar-refractivity contribution in [3.05, 3.63) is 85.1 Å². The van der Waals surface area contributed by atoms with Crippen molar-refractivity contribution in [2.24, 2.45) is 0 Å². The number of carbonyl (C=O) groups excluding carboxylic acids is 2. The Hall–Kier alpha value is -3.16. The van der Waals surface area contributed by atoms with Gasteiger partial charge in [-0.05, 0) is 77.0 Å². The Morgan fingerprint density at radius 3 is 1.64 bits per heavy atom. The van der Waals surface area contributed by atoms with Crippen LogP contribution < -0.4 is 5.32 Å². The Kier molecular flexibility index (Phi) is 45.3. The molecule has 8 atom stereocenters. The Bertz CT molecular complexity index is 1490. The average Bonchev–Trinajstić information content (AvgIpc) is 3.38. The fourth-order valence-electron chi connectivity index (χ4n) is 8.51. The van der Waals surface area contributed by atoms with Gasteiger partial charge < -0.3 is 45.1 Å². The lowest BCUT2D eigenvalue weighted by molar-refractivity contribution is -0.305. The highest BCUT2D eigenvalue weighted by atomic mass is 16.7. The van der Waals surface area contributed by atoms with E-state index in [9.17, 15) is 35.1 Å². The fraction of sp³-hybridized carbons (Fsp3) is 0.738. The minimum absolute atomic E-state index is 0.110. The smallest absolute Gasteiger partial charge is 0.306 e. The molecule has 0 saturated carbocycles. The molecule has 0 spiro atoms. The van der Waals surface area contributed by atoms with Crippen molar-refractivity contribution in [1.29, 1.82) is 0 Å². The van der Waals surface area contributed by atoms with E-state index in [1.807, 2.05) is 48.6 Å². The van der Waals surface area contributed by atoms with Gasteiger partial charge in [-0.15, -0.1) is 0 Å². The lowest BCUT2D eigenvalue weighted by atomic mass is 9.99. The van der Waals surface area contributed by atoms with Crippen LogP contribution in [0.15, 0.2) is 85.1 Å². The monoisotopic (exact) mass is 1010 g/mol. The van der Waals surface area contributed by atoms with Crippen molar-refractivity contribution in [2.75, 3.05) is 13.2 Å². The van der Waals surface area contributed by atoms with Gasteiger partial charge >= 0.3 is 5.97 Å². The number of hydrogen-bond donors (Lipinski definition) is 6. The first-order valence-electron chi connectivity index (χ1n) is 28.9. The van der Waals surface area contributed by atoms with E-state index in [0.29, 0.717) is 12.8 Å². The third-order valence-corrected chi connectivity index (χ3v) is 13.1. The highest BCUT2D eigenvalue weighted by molar-refractivity contribution is 5.80. The number of aliphatic hydroxyl groups excluding tert-OH is 5. The van der Waals surface area contributed by atoms with Gasteiger partial charge in [0, 0.05) is 6.42 Å². The maximum Gasteiger partial charge on any atom is 0.306 e. The number of aliphatic hydroxyl groups is 5. The maximum atomic E-state index is 13.3. The molecule has 1 aliphatic rings. The molecule has 0 radical (unpaired) electrons. The first-order chi connectivity index (χ1) is 35.2. The zero-order valence-corrected chi connectivity index (χ0v) is 45.5. The van der Waals surface area contributed by atoms with E-state index in [0.717, 1.165) is 83.5 Å². The molecule has 1 aliphatic heterocycles. The standard InChI is InChI=1S/C61H105NO10/c1-4-7-10-13-16-19-22-25-26-27-28-29-30-31-34-37-40-43-46-49-56(66)72-59-58(68)57(67)55(50-63)71-61(59)70-51-52(53(64)47-44-41-38-35-32-23-20-17-14-11-8-5-2)62-60(69)54(65)48-45-42-39-36-33-24-21-18-15-12-9-6-3/h9,12,15-16,18-19,21,24-26,33,36,44,47,52-55,57-59,61,63-65,67-68H,4-8,10-11,13-14,17,20,22-23,27-32,34-35,37-43,45-46,48-51H2,1-3H3,(H,62,69)/b12-9+,18-15+,19-16-,24-21-,26-25-,36-33-,47-44+. The summed E-state index contributed by atoms with van der Waals surface area (Å²) in [5, 5.41) is 56.7. The molecule has 1 fully saturated rings. The molecule has 1 heterocycles. The van der Waals surface area contributed by atoms with Crippen LogP contribution >= 0.6 is 0 Å². The molecule has 72 heavy (non-hydrogen) atoms. The zero-order valence-electron chi connectivity index (χ0n) is 45.5. The molecule has 11 heteroatoms. The summed E-state index contributed by atoms with van der Waals surface area (Å²) in [6.45, 7) is 5.57. The van der Waals surface area contributed by atoms with Gasteiger partial charge in [0.25, 0.3) is 0 Å². The SMILES string of the molecule is CC/C=C/C=C/C=C\C=C/CCCCC(O)C(=O)NC(COC1OC(CO)C(O)C(O)C1OC(=O)CCCCCCCCCCC/C=C\C/C=C\CCCCC)C(O)/C=C/CCCCCCCCCCCC. The second-order valence-electron chi connectivity index (χ2n) is 19.7. The third-order valence-electron chi connectivity index (χ3n) is 13.1. The van der Waals surface area contributed by atoms with Crippen molar-refractivity contribution in [2.45, 2.75) is 275 Å². The zero-order chi connectivity index (χ0) is 52.5. The summed E-state index contributed by atoms with van der Waals surface area (Å²) in [5.41, 5.74) is 0. The molecule has 0 aromatic rings. The molecule has 1 amide bonds. The van der Waals surface area contributed by atoms with Crippen LogP contribution in [-0.4, -0.2) is 99.6 Å². The van der Waals surface area contributed by atoms with E-state index in [1.165, 1.54) is 96.3 Å². The summed E-state index contributed by atoms with van der Waals surface area (Å²) in [6, 6.07) is -1.05. The van der Waals surface area contributed by atoms with Crippen LogP contribution in [0.4, 0.5) is 0 Å². The van der Waals surface area contributed by atoms with Crippen molar-refractivity contribution >= 4 is 11.9 Å². The van der Waals surface area contributed by atoms with E-state index in [-0.39, 0.29) is 19.4 Å². The quantitative estimate of drug-likeness (QED) is 0.0149. The molecule has 414 valence electrons. The highest BCUT2D eigenvalue weighted by Gasteiger charge is 2.47. The van der Waals surface area contributed by atoms with Crippen LogP contribution in [0.1, 0.15) is 226 Å². The maximum absolute atomic E-state index is 13.3. The minimum Gasteiger partial charge on any atom is -0.454 e. The predicted octanol–water partition coefficient (Wildman–Crippen LogP) is 13.0. The number of amides is 1. The van der Waals surface area contributed by atoms with Crippen LogP contribution in [0.2, 0.25) is 0 Å². The molecule has 0 aromatic carbocycles. The highest BCUT2D eigenvalue weighted by Crippen LogP contribution is 2.26. The molecule has 8 unspecified atom stereocenters. The largest absolute Gasteiger partial charge is 0.454 e. The number of hydrogen-bond acceptors (Lipinski definition) is 10. The molecule has 1 saturated heterocycles. The molecular weight excluding hydrogens is 907 g/mol. The lowest BCUT2D eigenvalue weighted by Crippen LogP contribution is -2.61. The fourth-order valence-corrected chi connectivity index (χ4v) is 8.51. The summed E-state index contributed by atoms with van der Waals surface area (Å²) < 4.78 is 17.6. The van der Waals surface area contributed by atoms with Crippen LogP contribution in [0.25, 0.3) is 0 Å². The molecular formula is C61H105NO10. The molecule has 0 bridgehead atoms. The second-order valence-corrected chi connectivity index (χ2v) is 19.7. The van der Waals surface area contributed by atoms with Gasteiger partial charge in [0.05, 0.1) is 25.4 Å². The minimum atomic E-state index is -1.63. The normalized spacial score (nSPS) is 20.1. The molecule has 11 nitrogen and oxygen atoms in total. The average molecular weight is 1010 g/mol. The van der Waals surface area contributed by atoms with Gasteiger partial charge in [-0.3, -0.25) is 9.59 Å². The third kappa shape index (κ3) is 36.7. The van der Waals surface area contributed by atoms with Gasteiger partial charge in [0.2, 0.25) is 5.91 Å². The number of ether oxygens (including phenoxy) is 3. The summed E-state index contributed by atoms with van der Waals surface area (Å²) in [4.78, 5) is 26.4. The first-order valence-corrected chi connectivity index (χ1v) is 28.9. The predicted molar refractivity (Wildman–Crippen MR) is 296 cm³/mol. The van der Waals surface area contributed by atoms with Crippen molar-refractivity contribution < 1.29 is 49.3 Å².